The van der Waals surface area contributed by atoms with Crippen molar-refractivity contribution in [2.45, 2.75) is 63.0 Å². The third kappa shape index (κ3) is 4.50. The zero-order chi connectivity index (χ0) is 21.4. The number of nitrogens with zero attached hydrogens (tertiary/aromatic N) is 3. The molecule has 4 unspecified atom stereocenters. The number of benzene rings is 1. The fraction of sp³-hybridized carbons (Fsp3) is 0.667. The van der Waals surface area contributed by atoms with Crippen molar-refractivity contribution < 1.29 is 4.79 Å². The van der Waals surface area contributed by atoms with Crippen LogP contribution in [0.2, 0.25) is 0 Å². The van der Waals surface area contributed by atoms with Gasteiger partial charge < -0.3 is 5.32 Å². The van der Waals surface area contributed by atoms with Gasteiger partial charge in [0, 0.05) is 36.0 Å². The van der Waals surface area contributed by atoms with Crippen LogP contribution in [-0.4, -0.2) is 56.9 Å². The van der Waals surface area contributed by atoms with Gasteiger partial charge in [-0.1, -0.05) is 31.5 Å². The minimum atomic E-state index is 0.122. The van der Waals surface area contributed by atoms with Crippen molar-refractivity contribution in [3.8, 4) is 0 Å². The van der Waals surface area contributed by atoms with Crippen LogP contribution >= 0.6 is 11.8 Å². The second-order valence-corrected chi connectivity index (χ2v) is 11.0. The van der Waals surface area contributed by atoms with Crippen molar-refractivity contribution in [1.82, 2.24) is 25.3 Å². The Bertz CT molecular complexity index is 922. The highest BCUT2D eigenvalue weighted by Gasteiger charge is 2.40. The Labute approximate surface area is 189 Å². The maximum Gasteiger partial charge on any atom is 0.225 e. The molecule has 3 fully saturated rings. The lowest BCUT2D eigenvalue weighted by atomic mass is 9.76. The highest BCUT2D eigenvalue weighted by Crippen LogP contribution is 2.32. The summed E-state index contributed by atoms with van der Waals surface area (Å²) in [5.74, 6) is 2.02. The number of hydrogen-bond acceptors (Lipinski definition) is 5. The third-order valence-electron chi connectivity index (χ3n) is 7.51. The van der Waals surface area contributed by atoms with E-state index in [4.69, 9.17) is 5.10 Å². The van der Waals surface area contributed by atoms with Crippen LogP contribution in [0.25, 0.3) is 10.9 Å². The molecule has 2 saturated heterocycles. The lowest BCUT2D eigenvalue weighted by molar-refractivity contribution is -0.131. The molecule has 0 bridgehead atoms. The van der Waals surface area contributed by atoms with Crippen LogP contribution in [0.15, 0.2) is 24.3 Å². The third-order valence-corrected chi connectivity index (χ3v) is 8.98. The number of aromatic nitrogens is 2. The molecule has 168 valence electrons. The van der Waals surface area contributed by atoms with Gasteiger partial charge in [-0.05, 0) is 50.8 Å². The quantitative estimate of drug-likeness (QED) is 0.747. The number of carbonyl (C=O) groups is 1. The van der Waals surface area contributed by atoms with Crippen LogP contribution < -0.4 is 10.6 Å². The number of nitrogens with one attached hydrogen (secondary N) is 2. The summed E-state index contributed by atoms with van der Waals surface area (Å²) in [5, 5.41) is 13.7. The average Bonchev–Trinajstić information content (AvgIpc) is 3.10. The van der Waals surface area contributed by atoms with Gasteiger partial charge in [0.25, 0.3) is 0 Å². The van der Waals surface area contributed by atoms with Gasteiger partial charge in [0.05, 0.1) is 23.3 Å². The maximum atomic E-state index is 12.6. The van der Waals surface area contributed by atoms with E-state index in [1.165, 1.54) is 42.3 Å². The zero-order valence-electron chi connectivity index (χ0n) is 18.7. The SMILES string of the molecule is CC1CCCC2C(=O)NC(CSC3CCN(Cc4nn(C)c5ccccc45)CC3)NC12. The Balaban J connectivity index is 1.10. The van der Waals surface area contributed by atoms with Crippen LogP contribution in [0, 0.1) is 11.8 Å². The molecule has 1 amide bonds. The summed E-state index contributed by atoms with van der Waals surface area (Å²) in [6.45, 7) is 5.47. The number of fused-ring (bicyclic) bond motifs is 2. The molecule has 1 aromatic heterocycles. The van der Waals surface area contributed by atoms with Gasteiger partial charge in [-0.3, -0.25) is 19.7 Å². The summed E-state index contributed by atoms with van der Waals surface area (Å²) in [6, 6.07) is 8.87. The minimum Gasteiger partial charge on any atom is -0.340 e. The highest BCUT2D eigenvalue weighted by atomic mass is 32.2. The Hall–Kier alpha value is -1.57. The van der Waals surface area contributed by atoms with Gasteiger partial charge in [0.1, 0.15) is 0 Å². The van der Waals surface area contributed by atoms with E-state index in [-0.39, 0.29) is 18.0 Å². The predicted molar refractivity (Wildman–Crippen MR) is 127 cm³/mol. The molecule has 6 nitrogen and oxygen atoms in total. The van der Waals surface area contributed by atoms with Crippen LogP contribution in [0.1, 0.15) is 44.7 Å². The monoisotopic (exact) mass is 441 g/mol. The molecule has 1 saturated carbocycles. The molecule has 7 heteroatoms. The second-order valence-electron chi connectivity index (χ2n) is 9.66. The molecule has 5 rings (SSSR count). The molecular weight excluding hydrogens is 406 g/mol. The van der Waals surface area contributed by atoms with E-state index in [0.29, 0.717) is 17.2 Å². The van der Waals surface area contributed by atoms with Crippen molar-refractivity contribution in [2.24, 2.45) is 18.9 Å². The maximum absolute atomic E-state index is 12.6. The Morgan fingerprint density at radius 2 is 1.97 bits per heavy atom. The van der Waals surface area contributed by atoms with Crippen molar-refractivity contribution in [3.05, 3.63) is 30.0 Å². The molecule has 3 heterocycles. The van der Waals surface area contributed by atoms with Crippen molar-refractivity contribution in [1.29, 1.82) is 0 Å². The van der Waals surface area contributed by atoms with Gasteiger partial charge in [-0.2, -0.15) is 16.9 Å². The number of piperidine rings is 1. The Morgan fingerprint density at radius 1 is 1.16 bits per heavy atom. The number of hydrogen-bond donors (Lipinski definition) is 2. The molecule has 31 heavy (non-hydrogen) atoms. The number of carbonyl (C=O) groups excluding carboxylic acids is 1. The standard InChI is InChI=1S/C24H35N5OS/c1-16-6-5-8-19-23(16)25-22(26-24(19)30)15-31-17-10-12-29(13-11-17)14-20-18-7-3-4-9-21(18)28(2)27-20/h3-4,7,9,16-17,19,22-23,25H,5-6,8,10-15H2,1-2H3,(H,26,30). The van der Waals surface area contributed by atoms with Gasteiger partial charge >= 0.3 is 0 Å². The Morgan fingerprint density at radius 3 is 2.81 bits per heavy atom. The first-order valence-electron chi connectivity index (χ1n) is 11.9. The number of amides is 1. The summed E-state index contributed by atoms with van der Waals surface area (Å²) >= 11 is 2.04. The van der Waals surface area contributed by atoms with E-state index in [2.05, 4.69) is 46.7 Å². The summed E-state index contributed by atoms with van der Waals surface area (Å²) in [5.41, 5.74) is 2.40. The molecule has 2 N–H and O–H groups in total. The average molecular weight is 442 g/mol. The first-order chi connectivity index (χ1) is 15.1. The zero-order valence-corrected chi connectivity index (χ0v) is 19.5. The summed E-state index contributed by atoms with van der Waals surface area (Å²) in [6.07, 6.45) is 6.00. The van der Waals surface area contributed by atoms with E-state index in [1.54, 1.807) is 0 Å². The van der Waals surface area contributed by atoms with Gasteiger partial charge in [0.15, 0.2) is 0 Å². The van der Waals surface area contributed by atoms with Crippen LogP contribution in [0.5, 0.6) is 0 Å². The number of thioether (sulfide) groups is 1. The molecular formula is C24H35N5OS. The highest BCUT2D eigenvalue weighted by molar-refractivity contribution is 7.99. The van der Waals surface area contributed by atoms with E-state index >= 15 is 0 Å². The summed E-state index contributed by atoms with van der Waals surface area (Å²) in [4.78, 5) is 15.1. The molecule has 1 aliphatic carbocycles. The van der Waals surface area contributed by atoms with Crippen LogP contribution in [-0.2, 0) is 18.4 Å². The minimum absolute atomic E-state index is 0.122. The van der Waals surface area contributed by atoms with E-state index < -0.39 is 0 Å². The fourth-order valence-electron chi connectivity index (χ4n) is 5.72. The second kappa shape index (κ2) is 9.12. The summed E-state index contributed by atoms with van der Waals surface area (Å²) in [7, 11) is 2.03. The molecule has 1 aromatic carbocycles. The van der Waals surface area contributed by atoms with Crippen molar-refractivity contribution >= 4 is 28.6 Å². The molecule has 2 aromatic rings. The van der Waals surface area contributed by atoms with Gasteiger partial charge in [0.2, 0.25) is 5.91 Å². The first kappa shape index (κ1) is 21.3. The van der Waals surface area contributed by atoms with E-state index in [0.717, 1.165) is 31.8 Å². The lowest BCUT2D eigenvalue weighted by Crippen LogP contribution is -2.65. The smallest absolute Gasteiger partial charge is 0.225 e. The molecule has 4 atom stereocenters. The molecule has 2 aliphatic heterocycles. The Kier molecular flexibility index (Phi) is 6.26. The van der Waals surface area contributed by atoms with Gasteiger partial charge in [-0.15, -0.1) is 0 Å². The number of likely N-dealkylation sites (tertiary alicyclic amines) is 1. The normalized spacial score (nSPS) is 30.3. The van der Waals surface area contributed by atoms with Crippen molar-refractivity contribution in [3.63, 3.8) is 0 Å². The topological polar surface area (TPSA) is 62.2 Å². The first-order valence-corrected chi connectivity index (χ1v) is 12.9. The van der Waals surface area contributed by atoms with E-state index in [9.17, 15) is 4.79 Å². The molecule has 0 spiro atoms. The molecule has 3 aliphatic rings. The van der Waals surface area contributed by atoms with E-state index in [1.807, 2.05) is 23.5 Å². The number of para-hydroxylation sites is 1. The largest absolute Gasteiger partial charge is 0.340 e. The fourth-order valence-corrected chi connectivity index (χ4v) is 6.90. The number of aryl methyl sites for hydroxylation is 1. The lowest BCUT2D eigenvalue weighted by Gasteiger charge is -2.43. The molecule has 0 radical (unpaired) electrons. The summed E-state index contributed by atoms with van der Waals surface area (Å²) < 4.78 is 2.00. The number of rotatable bonds is 5. The van der Waals surface area contributed by atoms with Gasteiger partial charge in [-0.25, -0.2) is 0 Å². The van der Waals surface area contributed by atoms with Crippen molar-refractivity contribution in [2.75, 3.05) is 18.8 Å². The van der Waals surface area contributed by atoms with Crippen LogP contribution in [0.4, 0.5) is 0 Å². The van der Waals surface area contributed by atoms with Crippen LogP contribution in [0.3, 0.4) is 0 Å². The predicted octanol–water partition coefficient (Wildman–Crippen LogP) is 3.12.